The molecule has 0 bridgehead atoms. The SMILES string of the molecule is Cc1nccn1-c1ccc(CNC(=O)N(C)C(C)CO)cc1F. The number of carbonyl (C=O) groups excluding carboxylic acids is 1. The number of rotatable bonds is 5. The summed E-state index contributed by atoms with van der Waals surface area (Å²) in [5.41, 5.74) is 1.07. The van der Waals surface area contributed by atoms with Crippen molar-refractivity contribution in [2.45, 2.75) is 26.4 Å². The van der Waals surface area contributed by atoms with Gasteiger partial charge in [0, 0.05) is 26.0 Å². The number of imidazole rings is 1. The molecule has 0 spiro atoms. The molecule has 0 fully saturated rings. The van der Waals surface area contributed by atoms with E-state index in [1.54, 1.807) is 50.0 Å². The van der Waals surface area contributed by atoms with Gasteiger partial charge in [0.25, 0.3) is 0 Å². The number of benzene rings is 1. The molecule has 0 aliphatic heterocycles. The highest BCUT2D eigenvalue weighted by atomic mass is 19.1. The second kappa shape index (κ2) is 7.23. The first kappa shape index (κ1) is 17.0. The molecule has 1 heterocycles. The standard InChI is InChI=1S/C16H21FN4O2/c1-11(10-22)20(3)16(23)19-9-13-4-5-15(14(17)8-13)21-7-6-18-12(21)2/h4-8,11,22H,9-10H2,1-3H3,(H,19,23). The minimum atomic E-state index is -0.380. The summed E-state index contributed by atoms with van der Waals surface area (Å²) in [6.07, 6.45) is 3.31. The summed E-state index contributed by atoms with van der Waals surface area (Å²) in [5.74, 6) is 0.319. The van der Waals surface area contributed by atoms with Crippen LogP contribution in [0.3, 0.4) is 0 Å². The van der Waals surface area contributed by atoms with Crippen LogP contribution in [0.1, 0.15) is 18.3 Å². The molecule has 6 nitrogen and oxygen atoms in total. The van der Waals surface area contributed by atoms with Gasteiger partial charge in [-0.1, -0.05) is 6.07 Å². The Morgan fingerprint density at radius 1 is 1.52 bits per heavy atom. The van der Waals surface area contributed by atoms with Gasteiger partial charge in [-0.25, -0.2) is 14.2 Å². The fraction of sp³-hybridized carbons (Fsp3) is 0.375. The first-order chi connectivity index (χ1) is 10.9. The summed E-state index contributed by atoms with van der Waals surface area (Å²) in [6, 6.07) is 4.21. The Kier molecular flexibility index (Phi) is 5.33. The molecule has 2 N–H and O–H groups in total. The number of halogens is 1. The number of nitrogens with zero attached hydrogens (tertiary/aromatic N) is 3. The quantitative estimate of drug-likeness (QED) is 0.883. The van der Waals surface area contributed by atoms with Crippen molar-refractivity contribution in [2.24, 2.45) is 0 Å². The van der Waals surface area contributed by atoms with Crippen LogP contribution in [-0.4, -0.2) is 45.3 Å². The van der Waals surface area contributed by atoms with Crippen molar-refractivity contribution in [3.8, 4) is 5.69 Å². The lowest BCUT2D eigenvalue weighted by molar-refractivity contribution is 0.157. The Labute approximate surface area is 134 Å². The summed E-state index contributed by atoms with van der Waals surface area (Å²) in [7, 11) is 1.60. The van der Waals surface area contributed by atoms with E-state index in [-0.39, 0.29) is 31.0 Å². The van der Waals surface area contributed by atoms with E-state index in [1.165, 1.54) is 11.0 Å². The van der Waals surface area contributed by atoms with Gasteiger partial charge in [0.2, 0.25) is 0 Å². The maximum atomic E-state index is 14.3. The van der Waals surface area contributed by atoms with Gasteiger partial charge in [-0.15, -0.1) is 0 Å². The van der Waals surface area contributed by atoms with Crippen molar-refractivity contribution >= 4 is 6.03 Å². The van der Waals surface area contributed by atoms with Crippen LogP contribution in [0, 0.1) is 12.7 Å². The zero-order valence-electron chi connectivity index (χ0n) is 13.5. The second-order valence-corrected chi connectivity index (χ2v) is 5.43. The highest BCUT2D eigenvalue weighted by molar-refractivity contribution is 5.74. The van der Waals surface area contributed by atoms with Crippen LogP contribution in [0.4, 0.5) is 9.18 Å². The number of amides is 2. The minimum absolute atomic E-state index is 0.114. The molecular formula is C16H21FN4O2. The van der Waals surface area contributed by atoms with E-state index < -0.39 is 0 Å². The largest absolute Gasteiger partial charge is 0.394 e. The number of nitrogens with one attached hydrogen (secondary N) is 1. The predicted molar refractivity (Wildman–Crippen MR) is 84.8 cm³/mol. The van der Waals surface area contributed by atoms with Crippen LogP contribution < -0.4 is 5.32 Å². The topological polar surface area (TPSA) is 70.4 Å². The van der Waals surface area contributed by atoms with Gasteiger partial charge in [-0.05, 0) is 31.5 Å². The van der Waals surface area contributed by atoms with Crippen molar-refractivity contribution in [1.82, 2.24) is 19.8 Å². The summed E-state index contributed by atoms with van der Waals surface area (Å²) < 4.78 is 15.9. The molecule has 0 aliphatic rings. The average Bonchev–Trinajstić information content (AvgIpc) is 2.97. The zero-order chi connectivity index (χ0) is 17.0. The van der Waals surface area contributed by atoms with Crippen molar-refractivity contribution in [3.05, 3.63) is 47.8 Å². The number of carbonyl (C=O) groups is 1. The van der Waals surface area contributed by atoms with E-state index in [1.807, 2.05) is 0 Å². The predicted octanol–water partition coefficient (Wildman–Crippen LogP) is 1.84. The molecular weight excluding hydrogens is 299 g/mol. The number of aryl methyl sites for hydroxylation is 1. The van der Waals surface area contributed by atoms with E-state index in [2.05, 4.69) is 10.3 Å². The maximum Gasteiger partial charge on any atom is 0.317 e. The molecule has 0 saturated heterocycles. The molecule has 23 heavy (non-hydrogen) atoms. The second-order valence-electron chi connectivity index (χ2n) is 5.43. The number of aromatic nitrogens is 2. The minimum Gasteiger partial charge on any atom is -0.394 e. The molecule has 124 valence electrons. The summed E-state index contributed by atoms with van der Waals surface area (Å²) >= 11 is 0. The number of aliphatic hydroxyl groups excluding tert-OH is 1. The molecule has 2 rings (SSSR count). The number of likely N-dealkylation sites (N-methyl/N-ethyl adjacent to an activating group) is 1. The van der Waals surface area contributed by atoms with Crippen molar-refractivity contribution in [2.75, 3.05) is 13.7 Å². The molecule has 2 aromatic rings. The monoisotopic (exact) mass is 320 g/mol. The Balaban J connectivity index is 2.04. The molecule has 1 aromatic heterocycles. The van der Waals surface area contributed by atoms with E-state index in [4.69, 9.17) is 5.11 Å². The summed E-state index contributed by atoms with van der Waals surface area (Å²) in [4.78, 5) is 17.4. The number of urea groups is 1. The fourth-order valence-corrected chi connectivity index (χ4v) is 2.11. The Bertz CT molecular complexity index is 686. The van der Waals surface area contributed by atoms with Crippen LogP contribution >= 0.6 is 0 Å². The maximum absolute atomic E-state index is 14.3. The van der Waals surface area contributed by atoms with E-state index in [9.17, 15) is 9.18 Å². The van der Waals surface area contributed by atoms with E-state index in [0.717, 1.165) is 0 Å². The lowest BCUT2D eigenvalue weighted by Crippen LogP contribution is -2.43. The molecule has 1 aromatic carbocycles. The van der Waals surface area contributed by atoms with Crippen molar-refractivity contribution < 1.29 is 14.3 Å². The Morgan fingerprint density at radius 3 is 2.83 bits per heavy atom. The van der Waals surface area contributed by atoms with Crippen LogP contribution in [0.5, 0.6) is 0 Å². The molecule has 2 amide bonds. The third-order valence-electron chi connectivity index (χ3n) is 3.79. The molecule has 0 radical (unpaired) electrons. The number of hydrogen-bond acceptors (Lipinski definition) is 3. The van der Waals surface area contributed by atoms with E-state index in [0.29, 0.717) is 17.1 Å². The lowest BCUT2D eigenvalue weighted by Gasteiger charge is -2.23. The van der Waals surface area contributed by atoms with Gasteiger partial charge in [-0.2, -0.15) is 0 Å². The molecule has 0 aliphatic carbocycles. The highest BCUT2D eigenvalue weighted by Gasteiger charge is 2.14. The summed E-state index contributed by atoms with van der Waals surface area (Å²) in [5, 5.41) is 11.7. The Hall–Kier alpha value is -2.41. The molecule has 1 unspecified atom stereocenters. The van der Waals surface area contributed by atoms with Gasteiger partial charge < -0.3 is 19.9 Å². The summed E-state index contributed by atoms with van der Waals surface area (Å²) in [6.45, 7) is 3.63. The van der Waals surface area contributed by atoms with Crippen LogP contribution in [0.15, 0.2) is 30.6 Å². The van der Waals surface area contributed by atoms with Crippen LogP contribution in [0.2, 0.25) is 0 Å². The number of hydrogen-bond donors (Lipinski definition) is 2. The number of aliphatic hydroxyl groups is 1. The molecule has 7 heteroatoms. The van der Waals surface area contributed by atoms with Crippen LogP contribution in [-0.2, 0) is 6.54 Å². The van der Waals surface area contributed by atoms with Gasteiger partial charge in [-0.3, -0.25) is 0 Å². The van der Waals surface area contributed by atoms with Gasteiger partial charge in [0.05, 0.1) is 18.3 Å². The van der Waals surface area contributed by atoms with Gasteiger partial charge >= 0.3 is 6.03 Å². The lowest BCUT2D eigenvalue weighted by atomic mass is 10.2. The molecule has 0 saturated carbocycles. The normalized spacial score (nSPS) is 12.0. The third-order valence-corrected chi connectivity index (χ3v) is 3.79. The van der Waals surface area contributed by atoms with Crippen molar-refractivity contribution in [1.29, 1.82) is 0 Å². The van der Waals surface area contributed by atoms with Crippen LogP contribution in [0.25, 0.3) is 5.69 Å². The van der Waals surface area contributed by atoms with E-state index >= 15 is 0 Å². The Morgan fingerprint density at radius 2 is 2.26 bits per heavy atom. The van der Waals surface area contributed by atoms with Crippen molar-refractivity contribution in [3.63, 3.8) is 0 Å². The highest BCUT2D eigenvalue weighted by Crippen LogP contribution is 2.16. The van der Waals surface area contributed by atoms with Gasteiger partial charge in [0.15, 0.2) is 0 Å². The third kappa shape index (κ3) is 3.87. The first-order valence-corrected chi connectivity index (χ1v) is 7.34. The average molecular weight is 320 g/mol. The zero-order valence-corrected chi connectivity index (χ0v) is 13.5. The van der Waals surface area contributed by atoms with Gasteiger partial charge in [0.1, 0.15) is 11.6 Å². The first-order valence-electron chi connectivity index (χ1n) is 7.34. The molecule has 1 atom stereocenters. The fourth-order valence-electron chi connectivity index (χ4n) is 2.11. The smallest absolute Gasteiger partial charge is 0.317 e.